The van der Waals surface area contributed by atoms with Crippen molar-refractivity contribution in [3.63, 3.8) is 0 Å². The maximum Gasteiger partial charge on any atom is 0.292 e. The quantitative estimate of drug-likeness (QED) is 0.365. The van der Waals surface area contributed by atoms with Gasteiger partial charge in [-0.2, -0.15) is 0 Å². The van der Waals surface area contributed by atoms with Gasteiger partial charge in [0.2, 0.25) is 0 Å². The standard InChI is InChI=1S/C14H16N4O2S/c1-2-7-16-14-11(4-3-5-12(14)18(19)20)9-21-13-6-8-15-10-17-13/h3-6,8,10,16H,2,7,9H2,1H3. The van der Waals surface area contributed by atoms with Gasteiger partial charge in [-0.05, 0) is 18.1 Å². The number of nitrogens with zero attached hydrogens (tertiary/aromatic N) is 3. The predicted octanol–water partition coefficient (Wildman–Crippen LogP) is 3.50. The topological polar surface area (TPSA) is 81.0 Å². The van der Waals surface area contributed by atoms with Crippen LogP contribution in [-0.4, -0.2) is 21.4 Å². The van der Waals surface area contributed by atoms with E-state index >= 15 is 0 Å². The number of benzene rings is 1. The second-order valence-electron chi connectivity index (χ2n) is 4.33. The summed E-state index contributed by atoms with van der Waals surface area (Å²) in [4.78, 5) is 18.8. The Balaban J connectivity index is 2.21. The normalized spacial score (nSPS) is 10.3. The van der Waals surface area contributed by atoms with Crippen LogP contribution in [-0.2, 0) is 5.75 Å². The molecule has 2 rings (SSSR count). The zero-order chi connectivity index (χ0) is 15.1. The molecule has 0 unspecified atom stereocenters. The smallest absolute Gasteiger partial charge is 0.292 e. The van der Waals surface area contributed by atoms with Crippen LogP contribution in [0.4, 0.5) is 11.4 Å². The summed E-state index contributed by atoms with van der Waals surface area (Å²) >= 11 is 1.53. The van der Waals surface area contributed by atoms with Crippen molar-refractivity contribution in [3.05, 3.63) is 52.5 Å². The fourth-order valence-electron chi connectivity index (χ4n) is 1.83. The summed E-state index contributed by atoms with van der Waals surface area (Å²) < 4.78 is 0. The Labute approximate surface area is 127 Å². The van der Waals surface area contributed by atoms with Crippen molar-refractivity contribution in [3.8, 4) is 0 Å². The molecule has 1 heterocycles. The van der Waals surface area contributed by atoms with Gasteiger partial charge in [0.1, 0.15) is 12.0 Å². The van der Waals surface area contributed by atoms with E-state index in [1.54, 1.807) is 12.3 Å². The highest BCUT2D eigenvalue weighted by atomic mass is 32.2. The summed E-state index contributed by atoms with van der Waals surface area (Å²) in [7, 11) is 0. The van der Waals surface area contributed by atoms with Gasteiger partial charge < -0.3 is 5.32 Å². The lowest BCUT2D eigenvalue weighted by atomic mass is 10.1. The van der Waals surface area contributed by atoms with Crippen molar-refractivity contribution in [2.75, 3.05) is 11.9 Å². The van der Waals surface area contributed by atoms with Gasteiger partial charge in [0, 0.05) is 24.6 Å². The Morgan fingerprint density at radius 1 is 1.38 bits per heavy atom. The minimum atomic E-state index is -0.350. The van der Waals surface area contributed by atoms with Crippen molar-refractivity contribution in [1.82, 2.24) is 9.97 Å². The molecule has 0 saturated carbocycles. The first-order chi connectivity index (χ1) is 10.2. The molecule has 0 spiro atoms. The Hall–Kier alpha value is -2.15. The van der Waals surface area contributed by atoms with E-state index in [4.69, 9.17) is 0 Å². The fraction of sp³-hybridized carbons (Fsp3) is 0.286. The van der Waals surface area contributed by atoms with Crippen molar-refractivity contribution in [1.29, 1.82) is 0 Å². The largest absolute Gasteiger partial charge is 0.379 e. The van der Waals surface area contributed by atoms with Crippen LogP contribution in [0.3, 0.4) is 0 Å². The second kappa shape index (κ2) is 7.58. The van der Waals surface area contributed by atoms with Crippen LogP contribution in [0.15, 0.2) is 41.8 Å². The zero-order valence-electron chi connectivity index (χ0n) is 11.7. The number of nitro benzene ring substituents is 1. The first-order valence-corrected chi connectivity index (χ1v) is 7.60. The number of anilines is 1. The molecular weight excluding hydrogens is 288 g/mol. The van der Waals surface area contributed by atoms with E-state index in [-0.39, 0.29) is 10.6 Å². The summed E-state index contributed by atoms with van der Waals surface area (Å²) in [5.74, 6) is 0.616. The molecule has 1 aromatic heterocycles. The molecular formula is C14H16N4O2S. The Kier molecular flexibility index (Phi) is 5.51. The molecule has 0 bridgehead atoms. The lowest BCUT2D eigenvalue weighted by molar-refractivity contribution is -0.384. The molecule has 7 heteroatoms. The summed E-state index contributed by atoms with van der Waals surface area (Å²) in [6.45, 7) is 2.73. The summed E-state index contributed by atoms with van der Waals surface area (Å²) in [5, 5.41) is 15.2. The van der Waals surface area contributed by atoms with E-state index < -0.39 is 0 Å². The minimum absolute atomic E-state index is 0.115. The van der Waals surface area contributed by atoms with E-state index in [0.29, 0.717) is 18.0 Å². The van der Waals surface area contributed by atoms with Gasteiger partial charge in [-0.1, -0.05) is 19.1 Å². The van der Waals surface area contributed by atoms with Crippen LogP contribution in [0.1, 0.15) is 18.9 Å². The Bertz CT molecular complexity index is 607. The molecule has 0 aliphatic heterocycles. The van der Waals surface area contributed by atoms with E-state index in [1.165, 1.54) is 24.2 Å². The van der Waals surface area contributed by atoms with Crippen molar-refractivity contribution in [2.24, 2.45) is 0 Å². The number of nitro groups is 1. The van der Waals surface area contributed by atoms with Crippen LogP contribution >= 0.6 is 11.8 Å². The van der Waals surface area contributed by atoms with Crippen LogP contribution in [0, 0.1) is 10.1 Å². The third kappa shape index (κ3) is 4.16. The second-order valence-corrected chi connectivity index (χ2v) is 5.33. The summed E-state index contributed by atoms with van der Waals surface area (Å²) in [6.07, 6.45) is 4.08. The highest BCUT2D eigenvalue weighted by molar-refractivity contribution is 7.98. The predicted molar refractivity (Wildman–Crippen MR) is 83.5 cm³/mol. The Morgan fingerprint density at radius 2 is 2.24 bits per heavy atom. The van der Waals surface area contributed by atoms with Crippen molar-refractivity contribution >= 4 is 23.1 Å². The maximum atomic E-state index is 11.1. The van der Waals surface area contributed by atoms with Gasteiger partial charge >= 0.3 is 0 Å². The molecule has 0 atom stereocenters. The number of nitrogens with one attached hydrogen (secondary N) is 1. The first-order valence-electron chi connectivity index (χ1n) is 6.61. The van der Waals surface area contributed by atoms with Gasteiger partial charge in [-0.25, -0.2) is 9.97 Å². The molecule has 0 amide bonds. The van der Waals surface area contributed by atoms with Gasteiger partial charge in [0.25, 0.3) is 5.69 Å². The van der Waals surface area contributed by atoms with E-state index in [2.05, 4.69) is 15.3 Å². The van der Waals surface area contributed by atoms with Gasteiger partial charge in [0.05, 0.1) is 9.95 Å². The highest BCUT2D eigenvalue weighted by Gasteiger charge is 2.17. The number of para-hydroxylation sites is 1. The molecule has 0 fully saturated rings. The summed E-state index contributed by atoms with van der Waals surface area (Å²) in [5.41, 5.74) is 1.62. The number of thioether (sulfide) groups is 1. The highest BCUT2D eigenvalue weighted by Crippen LogP contribution is 2.32. The lowest BCUT2D eigenvalue weighted by Crippen LogP contribution is -2.06. The number of hydrogen-bond acceptors (Lipinski definition) is 6. The SMILES string of the molecule is CCCNc1c(CSc2ccncn2)cccc1[N+](=O)[O-]. The monoisotopic (exact) mass is 304 g/mol. The van der Waals surface area contributed by atoms with Crippen LogP contribution in [0.5, 0.6) is 0 Å². The lowest BCUT2D eigenvalue weighted by Gasteiger charge is -2.11. The summed E-state index contributed by atoms with van der Waals surface area (Å²) in [6, 6.07) is 6.96. The average molecular weight is 304 g/mol. The molecule has 2 aromatic rings. The molecule has 0 radical (unpaired) electrons. The van der Waals surface area contributed by atoms with Crippen molar-refractivity contribution < 1.29 is 4.92 Å². The minimum Gasteiger partial charge on any atom is -0.379 e. The number of aromatic nitrogens is 2. The Morgan fingerprint density at radius 3 is 2.90 bits per heavy atom. The molecule has 21 heavy (non-hydrogen) atoms. The third-order valence-electron chi connectivity index (χ3n) is 2.81. The molecule has 0 saturated heterocycles. The first kappa shape index (κ1) is 15.2. The molecule has 0 aliphatic carbocycles. The maximum absolute atomic E-state index is 11.1. The molecule has 1 aromatic carbocycles. The fourth-order valence-corrected chi connectivity index (χ4v) is 2.65. The molecule has 6 nitrogen and oxygen atoms in total. The number of rotatable bonds is 7. The van der Waals surface area contributed by atoms with E-state index in [0.717, 1.165) is 17.0 Å². The van der Waals surface area contributed by atoms with Crippen LogP contribution in [0.25, 0.3) is 0 Å². The van der Waals surface area contributed by atoms with Gasteiger partial charge in [-0.15, -0.1) is 11.8 Å². The molecule has 1 N–H and O–H groups in total. The number of hydrogen-bond donors (Lipinski definition) is 1. The van der Waals surface area contributed by atoms with Crippen LogP contribution < -0.4 is 5.32 Å². The average Bonchev–Trinajstić information content (AvgIpc) is 2.52. The zero-order valence-corrected chi connectivity index (χ0v) is 12.5. The van der Waals surface area contributed by atoms with E-state index in [9.17, 15) is 10.1 Å². The van der Waals surface area contributed by atoms with E-state index in [1.807, 2.05) is 19.1 Å². The van der Waals surface area contributed by atoms with Crippen LogP contribution in [0.2, 0.25) is 0 Å². The van der Waals surface area contributed by atoms with Gasteiger partial charge in [0.15, 0.2) is 0 Å². The molecule has 110 valence electrons. The van der Waals surface area contributed by atoms with Crippen molar-refractivity contribution in [2.45, 2.75) is 24.1 Å². The molecule has 0 aliphatic rings. The third-order valence-corrected chi connectivity index (χ3v) is 3.80. The van der Waals surface area contributed by atoms with Gasteiger partial charge in [-0.3, -0.25) is 10.1 Å².